The van der Waals surface area contributed by atoms with E-state index >= 15 is 0 Å². The first-order valence-electron chi connectivity index (χ1n) is 25.1. The summed E-state index contributed by atoms with van der Waals surface area (Å²) >= 11 is 0. The Morgan fingerprint density at radius 3 is 1.42 bits per heavy atom. The summed E-state index contributed by atoms with van der Waals surface area (Å²) < 4.78 is 11.2. The molecule has 1 aliphatic heterocycles. The van der Waals surface area contributed by atoms with E-state index in [4.69, 9.17) is 9.47 Å². The van der Waals surface area contributed by atoms with Crippen LogP contribution in [-0.4, -0.2) is 87.5 Å². The second-order valence-electron chi connectivity index (χ2n) is 17.6. The van der Waals surface area contributed by atoms with Crippen LogP contribution in [-0.2, 0) is 14.3 Å². The van der Waals surface area contributed by atoms with E-state index in [1.54, 1.807) is 6.08 Å². The van der Waals surface area contributed by atoms with Gasteiger partial charge < -0.3 is 40.3 Å². The van der Waals surface area contributed by atoms with Gasteiger partial charge in [-0.2, -0.15) is 0 Å². The molecule has 0 aromatic heterocycles. The van der Waals surface area contributed by atoms with Crippen molar-refractivity contribution < 1.29 is 39.8 Å². The van der Waals surface area contributed by atoms with Crippen molar-refractivity contribution in [3.05, 3.63) is 24.3 Å². The zero-order chi connectivity index (χ0) is 43.0. The molecule has 0 radical (unpaired) electrons. The summed E-state index contributed by atoms with van der Waals surface area (Å²) in [6.45, 7) is 3.77. The molecule has 7 atom stereocenters. The van der Waals surface area contributed by atoms with Crippen LogP contribution >= 0.6 is 0 Å². The minimum absolute atomic E-state index is 0.184. The molecule has 0 aromatic carbocycles. The van der Waals surface area contributed by atoms with E-state index in [9.17, 15) is 30.3 Å². The Balaban J connectivity index is 2.32. The molecule has 1 fully saturated rings. The number of unbranched alkanes of at least 4 members (excludes halogenated alkanes) is 30. The van der Waals surface area contributed by atoms with Crippen molar-refractivity contribution in [1.29, 1.82) is 0 Å². The van der Waals surface area contributed by atoms with E-state index in [0.717, 1.165) is 38.5 Å². The van der Waals surface area contributed by atoms with Gasteiger partial charge in [0, 0.05) is 6.42 Å². The molecule has 0 spiro atoms. The van der Waals surface area contributed by atoms with Crippen molar-refractivity contribution in [2.24, 2.45) is 0 Å². The van der Waals surface area contributed by atoms with Gasteiger partial charge in [0.25, 0.3) is 0 Å². The average molecular weight is 838 g/mol. The summed E-state index contributed by atoms with van der Waals surface area (Å²) in [5.74, 6) is -0.184. The number of aliphatic hydroxyl groups excluding tert-OH is 5. The van der Waals surface area contributed by atoms with Crippen LogP contribution in [0, 0.1) is 0 Å². The molecule has 9 heteroatoms. The highest BCUT2D eigenvalue weighted by Gasteiger charge is 2.44. The number of allylic oxidation sites excluding steroid dienone is 3. The average Bonchev–Trinajstić information content (AvgIpc) is 3.23. The molecule has 1 saturated heterocycles. The number of carbonyl (C=O) groups is 1. The number of hydrogen-bond acceptors (Lipinski definition) is 8. The van der Waals surface area contributed by atoms with Gasteiger partial charge in [-0.1, -0.05) is 218 Å². The number of hydrogen-bond donors (Lipinski definition) is 6. The Morgan fingerprint density at radius 2 is 0.966 bits per heavy atom. The van der Waals surface area contributed by atoms with Crippen LogP contribution < -0.4 is 5.32 Å². The monoisotopic (exact) mass is 838 g/mol. The zero-order valence-electron chi connectivity index (χ0n) is 38.3. The first kappa shape index (κ1) is 55.7. The van der Waals surface area contributed by atoms with Gasteiger partial charge in [0.1, 0.15) is 24.4 Å². The Hall–Kier alpha value is -1.33. The van der Waals surface area contributed by atoms with E-state index in [1.807, 2.05) is 6.08 Å². The highest BCUT2D eigenvalue weighted by molar-refractivity contribution is 5.76. The van der Waals surface area contributed by atoms with Crippen molar-refractivity contribution >= 4 is 5.91 Å². The summed E-state index contributed by atoms with van der Waals surface area (Å²) in [6.07, 6.45) is 42.3. The lowest BCUT2D eigenvalue weighted by Gasteiger charge is -2.40. The van der Waals surface area contributed by atoms with Crippen molar-refractivity contribution in [2.45, 2.75) is 275 Å². The van der Waals surface area contributed by atoms with Crippen molar-refractivity contribution in [3.8, 4) is 0 Å². The van der Waals surface area contributed by atoms with Gasteiger partial charge in [0.2, 0.25) is 5.91 Å². The SMILES string of the molecule is CCCCCCCCCCCCCCCCCC/C=C/CC/C=C/C(O)C(COC1OC(CO)C(O)C(O)C1O)NC(=O)CCCCCCCCCCCCCCCC. The lowest BCUT2D eigenvalue weighted by molar-refractivity contribution is -0.302. The van der Waals surface area contributed by atoms with Crippen molar-refractivity contribution in [3.63, 3.8) is 0 Å². The number of rotatable bonds is 42. The number of carbonyl (C=O) groups excluding carboxylic acids is 1. The maximum Gasteiger partial charge on any atom is 0.220 e. The molecule has 7 unspecified atom stereocenters. The van der Waals surface area contributed by atoms with E-state index in [2.05, 4.69) is 31.3 Å². The molecular formula is C50H95NO8. The zero-order valence-corrected chi connectivity index (χ0v) is 38.3. The first-order valence-corrected chi connectivity index (χ1v) is 25.1. The highest BCUT2D eigenvalue weighted by Crippen LogP contribution is 2.23. The largest absolute Gasteiger partial charge is 0.394 e. The lowest BCUT2D eigenvalue weighted by Crippen LogP contribution is -2.60. The van der Waals surface area contributed by atoms with Gasteiger partial charge in [0.15, 0.2) is 6.29 Å². The molecule has 0 aromatic rings. The molecule has 1 amide bonds. The predicted molar refractivity (Wildman–Crippen MR) is 244 cm³/mol. The van der Waals surface area contributed by atoms with Crippen LogP contribution in [0.3, 0.4) is 0 Å². The summed E-state index contributed by atoms with van der Waals surface area (Å²) in [6, 6.07) is -0.816. The fraction of sp³-hybridized carbons (Fsp3) is 0.900. The summed E-state index contributed by atoms with van der Waals surface area (Å²) in [5.41, 5.74) is 0. The van der Waals surface area contributed by atoms with E-state index in [-0.39, 0.29) is 12.5 Å². The molecule has 6 N–H and O–H groups in total. The summed E-state index contributed by atoms with van der Waals surface area (Å²) in [4.78, 5) is 13.0. The van der Waals surface area contributed by atoms with Gasteiger partial charge in [-0.3, -0.25) is 4.79 Å². The Bertz CT molecular complexity index is 977. The molecule has 0 saturated carbocycles. The molecule has 9 nitrogen and oxygen atoms in total. The van der Waals surface area contributed by atoms with Crippen LogP contribution in [0.2, 0.25) is 0 Å². The molecule has 59 heavy (non-hydrogen) atoms. The van der Waals surface area contributed by atoms with Crippen LogP contribution in [0.15, 0.2) is 24.3 Å². The molecule has 1 rings (SSSR count). The van der Waals surface area contributed by atoms with Crippen LogP contribution in [0.5, 0.6) is 0 Å². The minimum atomic E-state index is -1.57. The van der Waals surface area contributed by atoms with Gasteiger partial charge in [-0.25, -0.2) is 0 Å². The quantitative estimate of drug-likeness (QED) is 0.0263. The Labute approximate surface area is 362 Å². The van der Waals surface area contributed by atoms with E-state index in [0.29, 0.717) is 6.42 Å². The maximum atomic E-state index is 13.0. The van der Waals surface area contributed by atoms with Crippen LogP contribution in [0.25, 0.3) is 0 Å². The fourth-order valence-electron chi connectivity index (χ4n) is 8.00. The number of aliphatic hydroxyl groups is 5. The first-order chi connectivity index (χ1) is 28.8. The topological polar surface area (TPSA) is 149 Å². The predicted octanol–water partition coefficient (Wildman–Crippen LogP) is 11.1. The molecule has 1 heterocycles. The number of ether oxygens (including phenoxy) is 2. The van der Waals surface area contributed by atoms with Crippen molar-refractivity contribution in [1.82, 2.24) is 5.32 Å². The second kappa shape index (κ2) is 40.7. The number of amides is 1. The van der Waals surface area contributed by atoms with Crippen molar-refractivity contribution in [2.75, 3.05) is 13.2 Å². The maximum absolute atomic E-state index is 13.0. The van der Waals surface area contributed by atoms with Gasteiger partial charge >= 0.3 is 0 Å². The summed E-state index contributed by atoms with van der Waals surface area (Å²) in [7, 11) is 0. The summed E-state index contributed by atoms with van der Waals surface area (Å²) in [5, 5.41) is 54.3. The molecular weight excluding hydrogens is 743 g/mol. The van der Waals surface area contributed by atoms with Gasteiger partial charge in [0.05, 0.1) is 25.4 Å². The molecule has 348 valence electrons. The fourth-order valence-corrected chi connectivity index (χ4v) is 8.00. The van der Waals surface area contributed by atoms with Gasteiger partial charge in [-0.05, 0) is 32.1 Å². The van der Waals surface area contributed by atoms with Crippen LogP contribution in [0.1, 0.15) is 232 Å². The third kappa shape index (κ3) is 31.2. The molecule has 0 bridgehead atoms. The highest BCUT2D eigenvalue weighted by atomic mass is 16.7. The standard InChI is InChI=1S/C50H95NO8/c1-3-5-7-9-11-13-15-17-19-20-21-22-23-24-25-26-27-29-31-33-35-37-39-44(53)43(42-58-50-49(57)48(56)47(55)45(41-52)59-50)51-46(54)40-38-36-34-32-30-28-18-16-14-12-10-8-6-4-2/h29,31,37,39,43-45,47-50,52-53,55-57H,3-28,30,32-36,38,40-42H2,1-2H3,(H,51,54)/b31-29+,39-37+. The minimum Gasteiger partial charge on any atom is -0.394 e. The third-order valence-electron chi connectivity index (χ3n) is 12.0. The van der Waals surface area contributed by atoms with E-state index < -0.39 is 49.5 Å². The van der Waals surface area contributed by atoms with E-state index in [1.165, 1.54) is 173 Å². The normalized spacial score (nSPS) is 20.8. The Kier molecular flexibility index (Phi) is 38.4. The molecule has 0 aliphatic carbocycles. The molecule has 1 aliphatic rings. The van der Waals surface area contributed by atoms with Crippen LogP contribution in [0.4, 0.5) is 0 Å². The smallest absolute Gasteiger partial charge is 0.220 e. The lowest BCUT2D eigenvalue weighted by atomic mass is 9.99. The Morgan fingerprint density at radius 1 is 0.559 bits per heavy atom. The number of nitrogens with one attached hydrogen (secondary N) is 1. The third-order valence-corrected chi connectivity index (χ3v) is 12.0. The second-order valence-corrected chi connectivity index (χ2v) is 17.6. The van der Waals surface area contributed by atoms with Gasteiger partial charge in [-0.15, -0.1) is 0 Å².